The highest BCUT2D eigenvalue weighted by Gasteiger charge is 2.28. The van der Waals surface area contributed by atoms with Crippen LogP contribution >= 0.6 is 11.8 Å². The van der Waals surface area contributed by atoms with Crippen molar-refractivity contribution in [2.24, 2.45) is 0 Å². The Hall–Kier alpha value is -2.46. The summed E-state index contributed by atoms with van der Waals surface area (Å²) in [6.45, 7) is 6.57. The van der Waals surface area contributed by atoms with Gasteiger partial charge in [0.2, 0.25) is 0 Å². The van der Waals surface area contributed by atoms with Gasteiger partial charge in [0.1, 0.15) is 10.6 Å². The van der Waals surface area contributed by atoms with Crippen LogP contribution in [0.25, 0.3) is 11.0 Å². The molecule has 1 N–H and O–H groups in total. The SMILES string of the molecule is COc1ccc(C)cc1S(=O)(=O)N(Cl)c1cc(NCCN2CCOCC2)c2occc2c1. The van der Waals surface area contributed by atoms with Crippen LogP contribution < -0.4 is 13.9 Å². The first-order chi connectivity index (χ1) is 15.4. The Morgan fingerprint density at radius 1 is 1.19 bits per heavy atom. The molecule has 1 aliphatic heterocycles. The molecule has 1 fully saturated rings. The van der Waals surface area contributed by atoms with E-state index in [4.69, 9.17) is 25.7 Å². The number of hydrogen-bond acceptors (Lipinski definition) is 7. The highest BCUT2D eigenvalue weighted by Crippen LogP contribution is 2.36. The van der Waals surface area contributed by atoms with Crippen molar-refractivity contribution in [3.05, 3.63) is 48.2 Å². The molecule has 1 saturated heterocycles. The van der Waals surface area contributed by atoms with Gasteiger partial charge < -0.3 is 19.2 Å². The Kier molecular flexibility index (Phi) is 6.80. The van der Waals surface area contributed by atoms with Gasteiger partial charge in [-0.1, -0.05) is 6.07 Å². The number of rotatable bonds is 8. The van der Waals surface area contributed by atoms with Crippen molar-refractivity contribution in [3.8, 4) is 5.75 Å². The Bertz CT molecular complexity index is 1190. The highest BCUT2D eigenvalue weighted by molar-refractivity contribution is 7.94. The van der Waals surface area contributed by atoms with E-state index in [0.717, 1.165) is 47.6 Å². The Balaban J connectivity index is 1.61. The summed E-state index contributed by atoms with van der Waals surface area (Å²) in [5.41, 5.74) is 2.40. The maximum Gasteiger partial charge on any atom is 0.281 e. The zero-order chi connectivity index (χ0) is 22.7. The highest BCUT2D eigenvalue weighted by atomic mass is 35.5. The van der Waals surface area contributed by atoms with Crippen LogP contribution in [0.2, 0.25) is 0 Å². The van der Waals surface area contributed by atoms with E-state index in [1.807, 2.05) is 6.92 Å². The van der Waals surface area contributed by atoms with Gasteiger partial charge in [-0.25, -0.2) is 0 Å². The number of benzene rings is 2. The van der Waals surface area contributed by atoms with Crippen molar-refractivity contribution < 1.29 is 22.3 Å². The molecule has 0 spiro atoms. The average molecular weight is 480 g/mol. The van der Waals surface area contributed by atoms with E-state index in [2.05, 4.69) is 10.2 Å². The molecule has 1 aromatic heterocycles. The molecule has 2 aromatic carbocycles. The maximum atomic E-state index is 13.3. The maximum absolute atomic E-state index is 13.3. The van der Waals surface area contributed by atoms with Gasteiger partial charge in [0.15, 0.2) is 5.58 Å². The number of methoxy groups -OCH3 is 1. The number of furan rings is 1. The van der Waals surface area contributed by atoms with Crippen molar-refractivity contribution in [2.45, 2.75) is 11.8 Å². The zero-order valence-electron chi connectivity index (χ0n) is 18.0. The molecule has 0 aliphatic carbocycles. The lowest BCUT2D eigenvalue weighted by Crippen LogP contribution is -2.39. The van der Waals surface area contributed by atoms with Gasteiger partial charge in [-0.2, -0.15) is 12.2 Å². The van der Waals surface area contributed by atoms with E-state index >= 15 is 0 Å². The van der Waals surface area contributed by atoms with Crippen LogP contribution in [0.3, 0.4) is 0 Å². The van der Waals surface area contributed by atoms with Gasteiger partial charge in [-0.15, -0.1) is 0 Å². The Morgan fingerprint density at radius 3 is 2.72 bits per heavy atom. The summed E-state index contributed by atoms with van der Waals surface area (Å²) < 4.78 is 43.7. The van der Waals surface area contributed by atoms with Gasteiger partial charge in [0, 0.05) is 43.3 Å². The van der Waals surface area contributed by atoms with Crippen LogP contribution in [-0.2, 0) is 14.8 Å². The summed E-state index contributed by atoms with van der Waals surface area (Å²) in [7, 11) is -2.64. The van der Waals surface area contributed by atoms with Crippen LogP contribution in [0.1, 0.15) is 5.56 Å². The third-order valence-electron chi connectivity index (χ3n) is 5.39. The van der Waals surface area contributed by atoms with Crippen LogP contribution in [0.15, 0.2) is 52.0 Å². The number of anilines is 2. The standard InChI is InChI=1S/C22H26ClN3O5S/c1-16-3-4-20(29-2)21(13-16)32(27,28)26(23)18-14-17-5-10-31-22(17)19(15-18)24-6-7-25-8-11-30-12-9-25/h3-5,10,13-15,24H,6-9,11-12H2,1-2H3. The quantitative estimate of drug-likeness (QED) is 0.491. The fourth-order valence-corrected chi connectivity index (χ4v) is 5.30. The zero-order valence-corrected chi connectivity index (χ0v) is 19.6. The molecule has 4 rings (SSSR count). The minimum Gasteiger partial charge on any atom is -0.495 e. The predicted molar refractivity (Wildman–Crippen MR) is 125 cm³/mol. The van der Waals surface area contributed by atoms with Gasteiger partial charge in [-0.05, 0) is 42.8 Å². The molecule has 32 heavy (non-hydrogen) atoms. The molecule has 172 valence electrons. The molecule has 8 nitrogen and oxygen atoms in total. The Labute approximate surface area is 192 Å². The largest absolute Gasteiger partial charge is 0.495 e. The van der Waals surface area contributed by atoms with Gasteiger partial charge >= 0.3 is 0 Å². The average Bonchev–Trinajstić information content (AvgIpc) is 3.28. The molecule has 0 saturated carbocycles. The predicted octanol–water partition coefficient (Wildman–Crippen LogP) is 3.84. The second-order valence-corrected chi connectivity index (χ2v) is 9.88. The summed E-state index contributed by atoms with van der Waals surface area (Å²) >= 11 is 6.42. The van der Waals surface area contributed by atoms with E-state index < -0.39 is 10.0 Å². The van der Waals surface area contributed by atoms with E-state index in [1.165, 1.54) is 7.11 Å². The first kappa shape index (κ1) is 22.7. The molecule has 3 aromatic rings. The van der Waals surface area contributed by atoms with Crippen LogP contribution in [0.4, 0.5) is 11.4 Å². The fraction of sp³-hybridized carbons (Fsp3) is 0.364. The van der Waals surface area contributed by atoms with Crippen molar-refractivity contribution in [2.75, 3.05) is 55.6 Å². The number of ether oxygens (including phenoxy) is 2. The van der Waals surface area contributed by atoms with E-state index in [-0.39, 0.29) is 10.6 Å². The lowest BCUT2D eigenvalue weighted by atomic mass is 10.2. The summed E-state index contributed by atoms with van der Waals surface area (Å²) in [5.74, 6) is 0.231. The summed E-state index contributed by atoms with van der Waals surface area (Å²) in [5, 5.41) is 4.10. The molecule has 1 aliphatic rings. The topological polar surface area (TPSA) is 84.3 Å². The first-order valence-corrected chi connectivity index (χ1v) is 12.1. The van der Waals surface area contributed by atoms with Gasteiger partial charge in [0.05, 0.1) is 38.0 Å². The van der Waals surface area contributed by atoms with Gasteiger partial charge in [0.25, 0.3) is 10.0 Å². The van der Waals surface area contributed by atoms with E-state index in [9.17, 15) is 8.42 Å². The fourth-order valence-electron chi connectivity index (χ4n) is 3.68. The normalized spacial score (nSPS) is 15.1. The minimum atomic E-state index is -4.07. The molecule has 0 radical (unpaired) electrons. The van der Waals surface area contributed by atoms with Crippen LogP contribution in [-0.4, -0.2) is 59.8 Å². The third kappa shape index (κ3) is 4.66. The molecule has 2 heterocycles. The number of hydrogen-bond donors (Lipinski definition) is 1. The lowest BCUT2D eigenvalue weighted by molar-refractivity contribution is 0.0398. The van der Waals surface area contributed by atoms with Crippen molar-refractivity contribution >= 4 is 44.1 Å². The third-order valence-corrected chi connectivity index (χ3v) is 7.64. The number of halogens is 1. The smallest absolute Gasteiger partial charge is 0.281 e. The minimum absolute atomic E-state index is 0.00381. The van der Waals surface area contributed by atoms with Crippen LogP contribution in [0, 0.1) is 6.92 Å². The first-order valence-electron chi connectivity index (χ1n) is 10.3. The summed E-state index contributed by atoms with van der Waals surface area (Å²) in [4.78, 5) is 2.31. The number of sulfonamides is 1. The van der Waals surface area contributed by atoms with Crippen LogP contribution in [0.5, 0.6) is 5.75 Å². The van der Waals surface area contributed by atoms with Crippen molar-refractivity contribution in [1.82, 2.24) is 4.90 Å². The van der Waals surface area contributed by atoms with Crippen molar-refractivity contribution in [1.29, 1.82) is 0 Å². The molecule has 0 amide bonds. The molecule has 0 unspecified atom stereocenters. The summed E-state index contributed by atoms with van der Waals surface area (Å²) in [6, 6.07) is 10.1. The number of nitrogens with one attached hydrogen (secondary N) is 1. The van der Waals surface area contributed by atoms with Gasteiger partial charge in [-0.3, -0.25) is 4.90 Å². The lowest BCUT2D eigenvalue weighted by Gasteiger charge is -2.26. The number of nitrogens with zero attached hydrogens (tertiary/aromatic N) is 2. The van der Waals surface area contributed by atoms with E-state index in [0.29, 0.717) is 23.5 Å². The molecular weight excluding hydrogens is 454 g/mol. The second kappa shape index (κ2) is 9.58. The van der Waals surface area contributed by atoms with Crippen molar-refractivity contribution in [3.63, 3.8) is 0 Å². The molecular formula is C22H26ClN3O5S. The molecule has 0 atom stereocenters. The Morgan fingerprint density at radius 2 is 1.97 bits per heavy atom. The van der Waals surface area contributed by atoms with E-state index in [1.54, 1.807) is 42.7 Å². The molecule has 0 bridgehead atoms. The molecule has 10 heteroatoms. The number of morpholine rings is 1. The number of aryl methyl sites for hydroxylation is 1. The monoisotopic (exact) mass is 479 g/mol. The number of fused-ring (bicyclic) bond motifs is 1. The second-order valence-electron chi connectivity index (χ2n) is 7.59. The summed E-state index contributed by atoms with van der Waals surface area (Å²) in [6.07, 6.45) is 1.57.